The van der Waals surface area contributed by atoms with E-state index in [1.807, 2.05) is 31.2 Å². The summed E-state index contributed by atoms with van der Waals surface area (Å²) >= 11 is 0. The van der Waals surface area contributed by atoms with Crippen LogP contribution in [-0.4, -0.2) is 49.5 Å². The molecule has 1 aromatic carbocycles. The molecule has 1 amide bonds. The smallest absolute Gasteiger partial charge is 0.251 e. The number of benzene rings is 1. The number of halogens is 1. The summed E-state index contributed by atoms with van der Waals surface area (Å²) < 4.78 is 0. The molecule has 0 bridgehead atoms. The molecule has 0 saturated carbocycles. The van der Waals surface area contributed by atoms with Crippen molar-refractivity contribution < 1.29 is 4.79 Å². The predicted octanol–water partition coefficient (Wildman–Crippen LogP) is 3.04. The number of carbonyl (C=O) groups excluding carboxylic acids is 1. The van der Waals surface area contributed by atoms with Gasteiger partial charge in [0.05, 0.1) is 6.54 Å². The van der Waals surface area contributed by atoms with E-state index in [0.717, 1.165) is 31.2 Å². The fourth-order valence-electron chi connectivity index (χ4n) is 2.94. The summed E-state index contributed by atoms with van der Waals surface area (Å²) in [7, 11) is 0. The van der Waals surface area contributed by atoms with Gasteiger partial charge in [0.15, 0.2) is 5.96 Å². The lowest BCUT2D eigenvalue weighted by Crippen LogP contribution is -2.41. The van der Waals surface area contributed by atoms with Gasteiger partial charge in [-0.2, -0.15) is 0 Å². The molecule has 140 valence electrons. The zero-order valence-electron chi connectivity index (χ0n) is 15.8. The van der Waals surface area contributed by atoms with Crippen LogP contribution in [0.4, 0.5) is 0 Å². The number of hydrogen-bond donors (Lipinski definition) is 2. The molecule has 0 atom stereocenters. The molecule has 2 N–H and O–H groups in total. The van der Waals surface area contributed by atoms with Crippen LogP contribution in [0.5, 0.6) is 0 Å². The Labute approximate surface area is 168 Å². The third kappa shape index (κ3) is 6.84. The molecule has 0 aromatic heterocycles. The molecular formula is C19H31IN4O. The Hall–Kier alpha value is -1.31. The Morgan fingerprint density at radius 2 is 2.08 bits per heavy atom. The van der Waals surface area contributed by atoms with Crippen molar-refractivity contribution in [3.8, 4) is 0 Å². The Bertz CT molecular complexity index is 601. The third-order valence-electron chi connectivity index (χ3n) is 4.25. The van der Waals surface area contributed by atoms with Gasteiger partial charge in [-0.1, -0.05) is 31.5 Å². The maximum absolute atomic E-state index is 12.1. The molecule has 1 aromatic rings. The molecule has 6 heteroatoms. The number of carbonyl (C=O) groups is 1. The minimum absolute atomic E-state index is 0. The van der Waals surface area contributed by atoms with Crippen LogP contribution in [0, 0.1) is 12.3 Å². The molecule has 0 unspecified atom stereocenters. The van der Waals surface area contributed by atoms with Crippen molar-refractivity contribution in [2.45, 2.75) is 34.1 Å². The van der Waals surface area contributed by atoms with Crippen molar-refractivity contribution in [3.05, 3.63) is 35.4 Å². The highest BCUT2D eigenvalue weighted by atomic mass is 127. The predicted molar refractivity (Wildman–Crippen MR) is 115 cm³/mol. The molecule has 1 aliphatic rings. The summed E-state index contributed by atoms with van der Waals surface area (Å²) in [6.07, 6.45) is 1.18. The van der Waals surface area contributed by atoms with Gasteiger partial charge in [0, 0.05) is 31.7 Å². The zero-order valence-corrected chi connectivity index (χ0v) is 18.1. The summed E-state index contributed by atoms with van der Waals surface area (Å²) in [5.41, 5.74) is 2.13. The van der Waals surface area contributed by atoms with Crippen molar-refractivity contribution in [2.24, 2.45) is 10.4 Å². The van der Waals surface area contributed by atoms with Crippen molar-refractivity contribution in [2.75, 3.05) is 32.7 Å². The van der Waals surface area contributed by atoms with Gasteiger partial charge in [0.1, 0.15) is 0 Å². The lowest BCUT2D eigenvalue weighted by atomic mass is 9.93. The number of aryl methyl sites for hydroxylation is 1. The van der Waals surface area contributed by atoms with Gasteiger partial charge in [-0.05, 0) is 37.8 Å². The fourth-order valence-corrected chi connectivity index (χ4v) is 2.94. The van der Waals surface area contributed by atoms with Crippen LogP contribution in [-0.2, 0) is 0 Å². The Morgan fingerprint density at radius 1 is 1.32 bits per heavy atom. The molecule has 1 heterocycles. The van der Waals surface area contributed by atoms with Gasteiger partial charge >= 0.3 is 0 Å². The van der Waals surface area contributed by atoms with E-state index >= 15 is 0 Å². The first-order chi connectivity index (χ1) is 11.4. The number of likely N-dealkylation sites (tertiary alicyclic amines) is 1. The average Bonchev–Trinajstić information content (AvgIpc) is 2.90. The van der Waals surface area contributed by atoms with Crippen LogP contribution in [0.25, 0.3) is 0 Å². The quantitative estimate of drug-likeness (QED) is 0.309. The first kappa shape index (κ1) is 21.7. The van der Waals surface area contributed by atoms with E-state index in [9.17, 15) is 4.79 Å². The number of hydrogen-bond acceptors (Lipinski definition) is 2. The molecule has 25 heavy (non-hydrogen) atoms. The Kier molecular flexibility index (Phi) is 8.68. The van der Waals surface area contributed by atoms with Crippen LogP contribution in [0.1, 0.15) is 43.1 Å². The van der Waals surface area contributed by atoms with E-state index < -0.39 is 0 Å². The number of guanidine groups is 1. The minimum atomic E-state index is -0.0405. The summed E-state index contributed by atoms with van der Waals surface area (Å²) in [5.74, 6) is 0.911. The van der Waals surface area contributed by atoms with Crippen LogP contribution in [0.2, 0.25) is 0 Å². The van der Waals surface area contributed by atoms with Crippen molar-refractivity contribution in [3.63, 3.8) is 0 Å². The monoisotopic (exact) mass is 458 g/mol. The number of aliphatic imine (C=N–C) groups is 1. The van der Waals surface area contributed by atoms with Crippen molar-refractivity contribution in [1.29, 1.82) is 0 Å². The first-order valence-corrected chi connectivity index (χ1v) is 8.79. The molecule has 1 aliphatic heterocycles. The van der Waals surface area contributed by atoms with Crippen LogP contribution in [0.15, 0.2) is 29.3 Å². The molecule has 0 aliphatic carbocycles. The summed E-state index contributed by atoms with van der Waals surface area (Å²) in [6, 6.07) is 7.62. The second kappa shape index (κ2) is 9.99. The Morgan fingerprint density at radius 3 is 2.68 bits per heavy atom. The second-order valence-corrected chi connectivity index (χ2v) is 7.20. The van der Waals surface area contributed by atoms with Gasteiger partial charge in [-0.15, -0.1) is 24.0 Å². The Balaban J connectivity index is 0.00000312. The normalized spacial score (nSPS) is 16.3. The summed E-state index contributed by atoms with van der Waals surface area (Å²) in [4.78, 5) is 19.1. The number of nitrogens with zero attached hydrogens (tertiary/aromatic N) is 2. The van der Waals surface area contributed by atoms with E-state index in [0.29, 0.717) is 24.1 Å². The number of amides is 1. The third-order valence-corrected chi connectivity index (χ3v) is 4.25. The fraction of sp³-hybridized carbons (Fsp3) is 0.579. The van der Waals surface area contributed by atoms with Gasteiger partial charge < -0.3 is 15.5 Å². The largest absolute Gasteiger partial charge is 0.357 e. The molecule has 5 nitrogen and oxygen atoms in total. The molecule has 0 radical (unpaired) electrons. The average molecular weight is 458 g/mol. The first-order valence-electron chi connectivity index (χ1n) is 8.79. The van der Waals surface area contributed by atoms with Gasteiger partial charge in [0.2, 0.25) is 0 Å². The van der Waals surface area contributed by atoms with Crippen molar-refractivity contribution >= 4 is 35.8 Å². The SMILES string of the molecule is CCNC(=NCCNC(=O)c1cccc(C)c1)N1CCC(C)(C)C1.I. The highest BCUT2D eigenvalue weighted by molar-refractivity contribution is 14.0. The number of rotatable bonds is 5. The maximum atomic E-state index is 12.1. The van der Waals surface area contributed by atoms with Gasteiger partial charge in [-0.25, -0.2) is 0 Å². The highest BCUT2D eigenvalue weighted by Gasteiger charge is 2.30. The van der Waals surface area contributed by atoms with E-state index in [2.05, 4.69) is 41.3 Å². The van der Waals surface area contributed by atoms with Gasteiger partial charge in [0.25, 0.3) is 5.91 Å². The highest BCUT2D eigenvalue weighted by Crippen LogP contribution is 2.28. The van der Waals surface area contributed by atoms with Crippen LogP contribution < -0.4 is 10.6 Å². The number of nitrogens with one attached hydrogen (secondary N) is 2. The van der Waals surface area contributed by atoms with Gasteiger partial charge in [-0.3, -0.25) is 9.79 Å². The van der Waals surface area contributed by atoms with E-state index in [-0.39, 0.29) is 29.9 Å². The van der Waals surface area contributed by atoms with Crippen LogP contribution in [0.3, 0.4) is 0 Å². The van der Waals surface area contributed by atoms with Crippen LogP contribution >= 0.6 is 24.0 Å². The van der Waals surface area contributed by atoms with E-state index in [4.69, 9.17) is 0 Å². The molecule has 0 spiro atoms. The maximum Gasteiger partial charge on any atom is 0.251 e. The lowest BCUT2D eigenvalue weighted by molar-refractivity contribution is 0.0954. The molecule has 2 rings (SSSR count). The summed E-state index contributed by atoms with van der Waals surface area (Å²) in [6.45, 7) is 12.7. The molecule has 1 fully saturated rings. The summed E-state index contributed by atoms with van der Waals surface area (Å²) in [5, 5.41) is 6.29. The standard InChI is InChI=1S/C19H30N4O.HI/c1-5-20-18(23-12-9-19(3,4)14-23)22-11-10-21-17(24)16-8-6-7-15(2)13-16;/h6-8,13H,5,9-12,14H2,1-4H3,(H,20,22)(H,21,24);1H. The molecule has 1 saturated heterocycles. The minimum Gasteiger partial charge on any atom is -0.357 e. The van der Waals surface area contributed by atoms with E-state index in [1.54, 1.807) is 0 Å². The molecular weight excluding hydrogens is 427 g/mol. The topological polar surface area (TPSA) is 56.7 Å². The zero-order chi connectivity index (χ0) is 17.6. The van der Waals surface area contributed by atoms with E-state index in [1.165, 1.54) is 6.42 Å². The lowest BCUT2D eigenvalue weighted by Gasteiger charge is -2.23. The second-order valence-electron chi connectivity index (χ2n) is 7.20. The van der Waals surface area contributed by atoms with Crippen molar-refractivity contribution in [1.82, 2.24) is 15.5 Å².